The van der Waals surface area contributed by atoms with Crippen molar-refractivity contribution >= 4 is 47.1 Å². The number of nitrogens with zero attached hydrogens (tertiary/aromatic N) is 1. The first-order valence-corrected chi connectivity index (χ1v) is 12.9. The second-order valence-corrected chi connectivity index (χ2v) is 9.54. The maximum atomic E-state index is 12.9. The van der Waals surface area contributed by atoms with Crippen LogP contribution in [0.5, 0.6) is 5.75 Å². The molecule has 0 saturated heterocycles. The number of carbonyl (C=O) groups excluding carboxylic acids is 2. The molecule has 2 amide bonds. The van der Waals surface area contributed by atoms with Crippen molar-refractivity contribution < 1.29 is 18.7 Å². The average Bonchev–Trinajstić information content (AvgIpc) is 2.94. The summed E-state index contributed by atoms with van der Waals surface area (Å²) in [4.78, 5) is 25.5. The minimum absolute atomic E-state index is 0.195. The molecule has 0 spiro atoms. The van der Waals surface area contributed by atoms with Crippen LogP contribution >= 0.6 is 23.4 Å². The minimum atomic E-state index is -0.377. The number of carbonyl (C=O) groups is 2. The zero-order valence-corrected chi connectivity index (χ0v) is 21.6. The van der Waals surface area contributed by atoms with Gasteiger partial charge >= 0.3 is 0 Å². The van der Waals surface area contributed by atoms with Crippen LogP contribution in [0.25, 0.3) is 0 Å². The van der Waals surface area contributed by atoms with Gasteiger partial charge in [-0.25, -0.2) is 9.82 Å². The number of halogens is 2. The number of hydrazone groups is 1. The van der Waals surface area contributed by atoms with Crippen LogP contribution in [0.15, 0.2) is 107 Å². The fourth-order valence-corrected chi connectivity index (χ4v) is 4.19. The van der Waals surface area contributed by atoms with E-state index in [1.807, 2.05) is 36.4 Å². The summed E-state index contributed by atoms with van der Waals surface area (Å²) < 4.78 is 18.4. The minimum Gasteiger partial charge on any atom is -0.484 e. The summed E-state index contributed by atoms with van der Waals surface area (Å²) >= 11 is 7.61. The molecule has 0 aromatic heterocycles. The highest BCUT2D eigenvalue weighted by Gasteiger charge is 2.06. The van der Waals surface area contributed by atoms with Gasteiger partial charge in [0.15, 0.2) is 6.61 Å². The predicted molar refractivity (Wildman–Crippen MR) is 149 cm³/mol. The summed E-state index contributed by atoms with van der Waals surface area (Å²) in [6, 6.07) is 27.4. The van der Waals surface area contributed by atoms with Crippen molar-refractivity contribution in [3.63, 3.8) is 0 Å². The van der Waals surface area contributed by atoms with E-state index < -0.39 is 0 Å². The largest absolute Gasteiger partial charge is 0.484 e. The molecule has 0 fully saturated rings. The van der Waals surface area contributed by atoms with Crippen LogP contribution < -0.4 is 15.5 Å². The monoisotopic (exact) mass is 547 g/mol. The molecule has 0 heterocycles. The molecular formula is C29H23ClFN3O3S. The molecule has 4 aromatic rings. The molecule has 0 radical (unpaired) electrons. The highest BCUT2D eigenvalue weighted by Crippen LogP contribution is 2.24. The Morgan fingerprint density at radius 2 is 1.58 bits per heavy atom. The molecule has 4 aromatic carbocycles. The molecule has 192 valence electrons. The number of hydrogen-bond donors (Lipinski definition) is 2. The normalized spacial score (nSPS) is 10.8. The van der Waals surface area contributed by atoms with Crippen molar-refractivity contribution in [2.24, 2.45) is 5.10 Å². The second kappa shape index (κ2) is 13.4. The van der Waals surface area contributed by atoms with Crippen molar-refractivity contribution in [1.82, 2.24) is 5.43 Å². The number of ether oxygens (including phenoxy) is 1. The lowest BCUT2D eigenvalue weighted by Gasteiger charge is -2.07. The van der Waals surface area contributed by atoms with Crippen LogP contribution in [0.2, 0.25) is 5.02 Å². The van der Waals surface area contributed by atoms with Crippen LogP contribution in [-0.4, -0.2) is 24.6 Å². The van der Waals surface area contributed by atoms with Gasteiger partial charge in [-0.05, 0) is 96.1 Å². The first-order valence-electron chi connectivity index (χ1n) is 11.5. The first kappa shape index (κ1) is 26.9. The fraction of sp³-hybridized carbons (Fsp3) is 0.0690. The molecule has 0 bridgehead atoms. The smallest absolute Gasteiger partial charge is 0.271 e. The molecule has 9 heteroatoms. The summed E-state index contributed by atoms with van der Waals surface area (Å²) in [7, 11) is 0. The third-order valence-electron chi connectivity index (χ3n) is 5.19. The van der Waals surface area contributed by atoms with Crippen molar-refractivity contribution in [3.05, 3.63) is 125 Å². The highest BCUT2D eigenvalue weighted by atomic mass is 35.5. The SMILES string of the molecule is O=C(COc1ccc(C=NNC(=O)c2ccc(CSc3ccc(Cl)cc3)cc2)cc1)Nc1ccc(F)cc1. The van der Waals surface area contributed by atoms with Crippen molar-refractivity contribution in [3.8, 4) is 5.75 Å². The lowest BCUT2D eigenvalue weighted by molar-refractivity contribution is -0.118. The Balaban J connectivity index is 1.19. The van der Waals surface area contributed by atoms with Gasteiger partial charge in [-0.1, -0.05) is 23.7 Å². The molecular weight excluding hydrogens is 525 g/mol. The van der Waals surface area contributed by atoms with E-state index in [1.165, 1.54) is 30.5 Å². The lowest BCUT2D eigenvalue weighted by Crippen LogP contribution is -2.20. The Morgan fingerprint density at radius 1 is 0.895 bits per heavy atom. The fourth-order valence-electron chi connectivity index (χ4n) is 3.21. The van der Waals surface area contributed by atoms with E-state index in [1.54, 1.807) is 48.2 Å². The molecule has 0 aliphatic carbocycles. The van der Waals surface area contributed by atoms with E-state index in [0.717, 1.165) is 21.8 Å². The first-order chi connectivity index (χ1) is 18.4. The zero-order chi connectivity index (χ0) is 26.7. The molecule has 0 aliphatic rings. The van der Waals surface area contributed by atoms with E-state index in [0.29, 0.717) is 22.0 Å². The summed E-state index contributed by atoms with van der Waals surface area (Å²) in [6.07, 6.45) is 1.51. The van der Waals surface area contributed by atoms with Gasteiger partial charge in [-0.3, -0.25) is 9.59 Å². The number of thioether (sulfide) groups is 1. The topological polar surface area (TPSA) is 79.8 Å². The third kappa shape index (κ3) is 8.47. The van der Waals surface area contributed by atoms with Gasteiger partial charge in [0.1, 0.15) is 11.6 Å². The standard InChI is InChI=1S/C29H23ClFN3O3S/c30-23-7-15-27(16-8-23)38-19-21-1-5-22(6-2-21)29(36)34-32-17-20-3-13-26(14-4-20)37-18-28(35)33-25-11-9-24(31)10-12-25/h1-17H,18-19H2,(H,33,35)(H,34,36). The molecule has 0 aliphatic heterocycles. The van der Waals surface area contributed by atoms with Gasteiger partial charge in [0.05, 0.1) is 6.21 Å². The highest BCUT2D eigenvalue weighted by molar-refractivity contribution is 7.98. The third-order valence-corrected chi connectivity index (χ3v) is 6.53. The van der Waals surface area contributed by atoms with Gasteiger partial charge in [0, 0.05) is 26.9 Å². The van der Waals surface area contributed by atoms with Crippen molar-refractivity contribution in [1.29, 1.82) is 0 Å². The van der Waals surface area contributed by atoms with Crippen LogP contribution in [0.1, 0.15) is 21.5 Å². The van der Waals surface area contributed by atoms with E-state index >= 15 is 0 Å². The Hall–Kier alpha value is -4.14. The van der Waals surface area contributed by atoms with Gasteiger partial charge in [0.2, 0.25) is 0 Å². The van der Waals surface area contributed by atoms with Crippen LogP contribution in [-0.2, 0) is 10.5 Å². The molecule has 0 saturated carbocycles. The number of amides is 2. The second-order valence-electron chi connectivity index (χ2n) is 8.05. The molecule has 6 nitrogen and oxygen atoms in total. The van der Waals surface area contributed by atoms with E-state index in [2.05, 4.69) is 15.8 Å². The summed E-state index contributed by atoms with van der Waals surface area (Å²) in [5, 5.41) is 7.34. The quantitative estimate of drug-likeness (QED) is 0.134. The number of anilines is 1. The Morgan fingerprint density at radius 3 is 2.26 bits per heavy atom. The van der Waals surface area contributed by atoms with Crippen LogP contribution in [0, 0.1) is 5.82 Å². The molecule has 0 unspecified atom stereocenters. The van der Waals surface area contributed by atoms with Crippen molar-refractivity contribution in [2.75, 3.05) is 11.9 Å². The van der Waals surface area contributed by atoms with Crippen LogP contribution in [0.3, 0.4) is 0 Å². The number of nitrogens with one attached hydrogen (secondary N) is 2. The lowest BCUT2D eigenvalue weighted by atomic mass is 10.1. The predicted octanol–water partition coefficient (Wildman–Crippen LogP) is 6.55. The van der Waals surface area contributed by atoms with Gasteiger partial charge in [-0.2, -0.15) is 5.10 Å². The van der Waals surface area contributed by atoms with Gasteiger partial charge in [-0.15, -0.1) is 11.8 Å². The van der Waals surface area contributed by atoms with E-state index in [9.17, 15) is 14.0 Å². The maximum absolute atomic E-state index is 12.9. The molecule has 2 N–H and O–H groups in total. The molecule has 0 atom stereocenters. The Kier molecular flexibility index (Phi) is 9.50. The number of rotatable bonds is 10. The summed E-state index contributed by atoms with van der Waals surface area (Å²) in [5.41, 5.74) is 5.34. The summed E-state index contributed by atoms with van der Waals surface area (Å²) in [6.45, 7) is -0.195. The Labute approximate surface area is 228 Å². The zero-order valence-electron chi connectivity index (χ0n) is 20.1. The van der Waals surface area contributed by atoms with E-state index in [4.69, 9.17) is 16.3 Å². The Bertz CT molecular complexity index is 1400. The number of hydrogen-bond acceptors (Lipinski definition) is 5. The van der Waals surface area contributed by atoms with Gasteiger partial charge < -0.3 is 10.1 Å². The maximum Gasteiger partial charge on any atom is 0.271 e. The average molecular weight is 548 g/mol. The van der Waals surface area contributed by atoms with E-state index in [-0.39, 0.29) is 24.2 Å². The van der Waals surface area contributed by atoms with Gasteiger partial charge in [0.25, 0.3) is 11.8 Å². The van der Waals surface area contributed by atoms with Crippen LogP contribution in [0.4, 0.5) is 10.1 Å². The van der Waals surface area contributed by atoms with Crippen molar-refractivity contribution in [2.45, 2.75) is 10.6 Å². The number of benzene rings is 4. The molecule has 38 heavy (non-hydrogen) atoms. The summed E-state index contributed by atoms with van der Waals surface area (Å²) in [5.74, 6) is 0.219. The molecule has 4 rings (SSSR count).